The highest BCUT2D eigenvalue weighted by Gasteiger charge is 2.20. The molecule has 132 valence electrons. The highest BCUT2D eigenvalue weighted by atomic mass is 35.5. The van der Waals surface area contributed by atoms with Gasteiger partial charge in [0.1, 0.15) is 11.0 Å². The second-order valence-corrected chi connectivity index (χ2v) is 6.88. The first-order valence-electron chi connectivity index (χ1n) is 7.87. The van der Waals surface area contributed by atoms with Crippen LogP contribution in [0.3, 0.4) is 0 Å². The van der Waals surface area contributed by atoms with Crippen LogP contribution in [0, 0.1) is 0 Å². The number of nitrogens with zero attached hydrogens (tertiary/aromatic N) is 1. The number of nitrogens with two attached hydrogens (primary N) is 1. The Labute approximate surface area is 159 Å². The summed E-state index contributed by atoms with van der Waals surface area (Å²) >= 11 is 7.59. The van der Waals surface area contributed by atoms with Gasteiger partial charge in [-0.25, -0.2) is 4.98 Å². The van der Waals surface area contributed by atoms with Crippen molar-refractivity contribution in [3.05, 3.63) is 76.3 Å². The third-order valence-electron chi connectivity index (χ3n) is 3.72. The molecular formula is C19H16ClN3O2S. The molecule has 26 heavy (non-hydrogen) atoms. The van der Waals surface area contributed by atoms with E-state index in [1.807, 2.05) is 24.3 Å². The third kappa shape index (κ3) is 4.28. The molecule has 1 heterocycles. The maximum Gasteiger partial charge on any atom is 0.244 e. The number of halogens is 1. The minimum atomic E-state index is -0.870. The second kappa shape index (κ2) is 8.12. The van der Waals surface area contributed by atoms with Gasteiger partial charge in [-0.1, -0.05) is 60.1 Å². The number of carbonyl (C=O) groups excluding carboxylic acids is 2. The highest BCUT2D eigenvalue weighted by Crippen LogP contribution is 2.30. The molecule has 5 nitrogen and oxygen atoms in total. The molecule has 3 N–H and O–H groups in total. The SMILES string of the molecule is NC(=O)C(NC(=O)Cc1csc(-c2ccccc2Cl)n1)c1ccccc1. The molecule has 3 rings (SSSR count). The van der Waals surface area contributed by atoms with Crippen LogP contribution in [0.15, 0.2) is 60.0 Å². The zero-order valence-electron chi connectivity index (χ0n) is 13.7. The van der Waals surface area contributed by atoms with Crippen molar-refractivity contribution >= 4 is 34.8 Å². The van der Waals surface area contributed by atoms with Crippen molar-refractivity contribution in [3.63, 3.8) is 0 Å². The number of nitrogens with one attached hydrogen (secondary N) is 1. The zero-order chi connectivity index (χ0) is 18.5. The lowest BCUT2D eigenvalue weighted by Gasteiger charge is -2.15. The number of benzene rings is 2. The van der Waals surface area contributed by atoms with Gasteiger partial charge in [-0.2, -0.15) is 0 Å². The fourth-order valence-electron chi connectivity index (χ4n) is 2.49. The third-order valence-corrected chi connectivity index (χ3v) is 4.97. The summed E-state index contributed by atoms with van der Waals surface area (Å²) in [6, 6.07) is 15.4. The first kappa shape index (κ1) is 18.1. The number of aromatic nitrogens is 1. The molecule has 0 spiro atoms. The summed E-state index contributed by atoms with van der Waals surface area (Å²) in [6.07, 6.45) is 0.0531. The second-order valence-electron chi connectivity index (χ2n) is 5.61. The summed E-state index contributed by atoms with van der Waals surface area (Å²) in [7, 11) is 0. The Balaban J connectivity index is 1.70. The smallest absolute Gasteiger partial charge is 0.244 e. The molecule has 0 aliphatic carbocycles. The van der Waals surface area contributed by atoms with Crippen LogP contribution in [-0.2, 0) is 16.0 Å². The standard InChI is InChI=1S/C19H16ClN3O2S/c20-15-9-5-4-8-14(15)19-22-13(11-26-19)10-16(24)23-17(18(21)25)12-6-2-1-3-7-12/h1-9,11,17H,10H2,(H2,21,25)(H,23,24). The summed E-state index contributed by atoms with van der Waals surface area (Å²) < 4.78 is 0. The topological polar surface area (TPSA) is 85.1 Å². The number of hydrogen-bond acceptors (Lipinski definition) is 4. The summed E-state index contributed by atoms with van der Waals surface area (Å²) in [6.45, 7) is 0. The molecule has 0 saturated carbocycles. The molecular weight excluding hydrogens is 370 g/mol. The molecule has 0 aliphatic heterocycles. The minimum absolute atomic E-state index is 0.0531. The molecule has 1 unspecified atom stereocenters. The predicted molar refractivity (Wildman–Crippen MR) is 103 cm³/mol. The van der Waals surface area contributed by atoms with Crippen molar-refractivity contribution in [2.75, 3.05) is 0 Å². The van der Waals surface area contributed by atoms with Crippen molar-refractivity contribution in [1.82, 2.24) is 10.3 Å². The van der Waals surface area contributed by atoms with Crippen molar-refractivity contribution in [2.24, 2.45) is 5.73 Å². The van der Waals surface area contributed by atoms with E-state index in [1.54, 1.807) is 35.7 Å². The van der Waals surface area contributed by atoms with Crippen molar-refractivity contribution in [1.29, 1.82) is 0 Å². The Hall–Kier alpha value is -2.70. The minimum Gasteiger partial charge on any atom is -0.368 e. The van der Waals surface area contributed by atoms with Crippen molar-refractivity contribution in [2.45, 2.75) is 12.5 Å². The number of amides is 2. The molecule has 0 aliphatic rings. The van der Waals surface area contributed by atoms with Gasteiger partial charge in [-0.05, 0) is 11.6 Å². The van der Waals surface area contributed by atoms with Crippen LogP contribution >= 0.6 is 22.9 Å². The fourth-order valence-corrected chi connectivity index (χ4v) is 3.63. The lowest BCUT2D eigenvalue weighted by molar-refractivity contribution is -0.127. The average Bonchev–Trinajstić information content (AvgIpc) is 3.08. The van der Waals surface area contributed by atoms with E-state index in [0.29, 0.717) is 16.3 Å². The highest BCUT2D eigenvalue weighted by molar-refractivity contribution is 7.13. The summed E-state index contributed by atoms with van der Waals surface area (Å²) in [5, 5.41) is 5.82. The first-order chi connectivity index (χ1) is 12.5. The monoisotopic (exact) mass is 385 g/mol. The molecule has 1 atom stereocenters. The van der Waals surface area contributed by atoms with E-state index in [4.69, 9.17) is 17.3 Å². The van der Waals surface area contributed by atoms with Gasteiger partial charge in [-0.3, -0.25) is 9.59 Å². The Kier molecular flexibility index (Phi) is 5.65. The quantitative estimate of drug-likeness (QED) is 0.682. The molecule has 1 aromatic heterocycles. The number of thiazole rings is 1. The molecule has 2 aromatic carbocycles. The normalized spacial score (nSPS) is 11.7. The van der Waals surface area contributed by atoms with E-state index in [9.17, 15) is 9.59 Å². The fraction of sp³-hybridized carbons (Fsp3) is 0.105. The van der Waals surface area contributed by atoms with E-state index in [-0.39, 0.29) is 12.3 Å². The van der Waals surface area contributed by atoms with Gasteiger partial charge in [0, 0.05) is 10.9 Å². The van der Waals surface area contributed by atoms with Gasteiger partial charge in [-0.15, -0.1) is 11.3 Å². The maximum absolute atomic E-state index is 12.3. The number of hydrogen-bond donors (Lipinski definition) is 2. The largest absolute Gasteiger partial charge is 0.368 e. The van der Waals surface area contributed by atoms with Gasteiger partial charge < -0.3 is 11.1 Å². The van der Waals surface area contributed by atoms with Crippen molar-refractivity contribution in [3.8, 4) is 10.6 Å². The predicted octanol–water partition coefficient (Wildman–Crippen LogP) is 3.35. The summed E-state index contributed by atoms with van der Waals surface area (Å²) in [5.74, 6) is -0.937. The van der Waals surface area contributed by atoms with Crippen LogP contribution in [0.4, 0.5) is 0 Å². The van der Waals surface area contributed by atoms with Gasteiger partial charge in [0.15, 0.2) is 0 Å². The van der Waals surface area contributed by atoms with E-state index in [1.165, 1.54) is 11.3 Å². The molecule has 0 fully saturated rings. The van der Waals surface area contributed by atoms with E-state index < -0.39 is 11.9 Å². The Bertz CT molecular complexity index is 927. The van der Waals surface area contributed by atoms with Gasteiger partial charge in [0.2, 0.25) is 11.8 Å². The first-order valence-corrected chi connectivity index (χ1v) is 9.13. The molecule has 3 aromatic rings. The number of carbonyl (C=O) groups is 2. The maximum atomic E-state index is 12.3. The van der Waals surface area contributed by atoms with Crippen LogP contribution < -0.4 is 11.1 Å². The van der Waals surface area contributed by atoms with Crippen molar-refractivity contribution < 1.29 is 9.59 Å². The van der Waals surface area contributed by atoms with E-state index in [0.717, 1.165) is 10.6 Å². The average molecular weight is 386 g/mol. The van der Waals surface area contributed by atoms with Gasteiger partial charge in [0.25, 0.3) is 0 Å². The summed E-state index contributed by atoms with van der Waals surface area (Å²) in [4.78, 5) is 28.5. The lowest BCUT2D eigenvalue weighted by Crippen LogP contribution is -2.38. The van der Waals surface area contributed by atoms with Crippen LogP contribution in [-0.4, -0.2) is 16.8 Å². The molecule has 2 amide bonds. The zero-order valence-corrected chi connectivity index (χ0v) is 15.3. The van der Waals surface area contributed by atoms with Crippen LogP contribution in [0.2, 0.25) is 5.02 Å². The van der Waals surface area contributed by atoms with Crippen LogP contribution in [0.5, 0.6) is 0 Å². The van der Waals surface area contributed by atoms with Gasteiger partial charge in [0.05, 0.1) is 17.1 Å². The Morgan fingerprint density at radius 1 is 1.12 bits per heavy atom. The molecule has 0 radical (unpaired) electrons. The van der Waals surface area contributed by atoms with E-state index >= 15 is 0 Å². The van der Waals surface area contributed by atoms with Crippen LogP contribution in [0.25, 0.3) is 10.6 Å². The van der Waals surface area contributed by atoms with Gasteiger partial charge >= 0.3 is 0 Å². The number of rotatable bonds is 6. The molecule has 0 bridgehead atoms. The van der Waals surface area contributed by atoms with E-state index in [2.05, 4.69) is 10.3 Å². The molecule has 0 saturated heterocycles. The molecule has 7 heteroatoms. The summed E-state index contributed by atoms with van der Waals surface area (Å²) in [5.41, 5.74) is 7.50. The number of primary amides is 1. The lowest BCUT2D eigenvalue weighted by atomic mass is 10.1. The Morgan fingerprint density at radius 3 is 2.50 bits per heavy atom. The van der Waals surface area contributed by atoms with Crippen LogP contribution in [0.1, 0.15) is 17.3 Å². The Morgan fingerprint density at radius 2 is 1.81 bits per heavy atom.